The van der Waals surface area contributed by atoms with Gasteiger partial charge in [0.1, 0.15) is 23.1 Å². The highest BCUT2D eigenvalue weighted by Gasteiger charge is 2.15. The van der Waals surface area contributed by atoms with Crippen LogP contribution < -0.4 is 9.47 Å². The number of nitrogens with zero attached hydrogens (tertiary/aromatic N) is 6. The Morgan fingerprint density at radius 1 is 0.500 bits per heavy atom. The Morgan fingerprint density at radius 3 is 1.29 bits per heavy atom. The summed E-state index contributed by atoms with van der Waals surface area (Å²) in [4.78, 5) is 26.7. The molecule has 4 aromatic carbocycles. The topological polar surface area (TPSA) is 88.8 Å². The Labute approximate surface area is 306 Å². The maximum Gasteiger partial charge on any atom is 0.138 e. The van der Waals surface area contributed by atoms with E-state index < -0.39 is 0 Å². The van der Waals surface area contributed by atoms with Gasteiger partial charge in [0.2, 0.25) is 0 Å². The van der Waals surface area contributed by atoms with Gasteiger partial charge in [-0.1, -0.05) is 12.1 Å². The number of imidazole rings is 2. The number of ether oxygens (including phenoxy) is 2. The van der Waals surface area contributed by atoms with Crippen LogP contribution in [0.3, 0.4) is 0 Å². The summed E-state index contributed by atoms with van der Waals surface area (Å²) in [5.41, 5.74) is 8.20. The average molecular weight is 699 g/mol. The van der Waals surface area contributed by atoms with Gasteiger partial charge in [0.25, 0.3) is 0 Å². The van der Waals surface area contributed by atoms with Crippen molar-refractivity contribution in [2.24, 2.45) is 0 Å². The van der Waals surface area contributed by atoms with Crippen molar-refractivity contribution in [3.63, 3.8) is 0 Å². The van der Waals surface area contributed by atoms with Crippen LogP contribution in [0, 0.1) is 0 Å². The summed E-state index contributed by atoms with van der Waals surface area (Å²) < 4.78 is 12.1. The summed E-state index contributed by atoms with van der Waals surface area (Å²) in [5, 5.41) is 0. The molecule has 2 saturated heterocycles. The van der Waals surface area contributed by atoms with Crippen molar-refractivity contribution < 1.29 is 9.47 Å². The fourth-order valence-corrected chi connectivity index (χ4v) is 7.17. The van der Waals surface area contributed by atoms with Crippen LogP contribution in [0.5, 0.6) is 11.5 Å². The molecule has 8 rings (SSSR count). The fourth-order valence-electron chi connectivity index (χ4n) is 7.17. The number of aromatic amines is 2. The molecule has 10 nitrogen and oxygen atoms in total. The minimum absolute atomic E-state index is 0.727. The van der Waals surface area contributed by atoms with Crippen LogP contribution in [0.4, 0.5) is 0 Å². The van der Waals surface area contributed by atoms with Crippen molar-refractivity contribution in [3.05, 3.63) is 84.9 Å². The molecule has 0 saturated carbocycles. The van der Waals surface area contributed by atoms with Gasteiger partial charge in [0.05, 0.1) is 35.3 Å². The van der Waals surface area contributed by atoms with E-state index in [-0.39, 0.29) is 0 Å². The van der Waals surface area contributed by atoms with Crippen molar-refractivity contribution in [3.8, 4) is 45.4 Å². The lowest BCUT2D eigenvalue weighted by Gasteiger charge is -2.32. The number of H-pyrrole nitrogens is 2. The standard InChI is InChI=1S/C42H50N8O2/c1-47-19-23-49(24-20-47)17-3-27-51-35-11-5-31(6-12-35)41-43-37-15-9-33(29-39(37)45-41)34-10-16-38-40(30-34)46-42(44-38)32-7-13-36(14-8-32)52-28-4-18-50-25-21-48(2)22-26-50/h5-16,29-30H,3-4,17-28H2,1-2H3,(H,43,45)(H,44,46). The number of hydrogen-bond acceptors (Lipinski definition) is 8. The second-order valence-corrected chi connectivity index (χ2v) is 14.4. The minimum atomic E-state index is 0.727. The third-order valence-electron chi connectivity index (χ3n) is 10.5. The van der Waals surface area contributed by atoms with Gasteiger partial charge in [-0.3, -0.25) is 0 Å². The summed E-state index contributed by atoms with van der Waals surface area (Å²) in [6.45, 7) is 12.8. The van der Waals surface area contributed by atoms with E-state index in [2.05, 4.69) is 104 Å². The van der Waals surface area contributed by atoms with Crippen molar-refractivity contribution in [1.29, 1.82) is 0 Å². The summed E-state index contributed by atoms with van der Waals surface area (Å²) in [6.07, 6.45) is 2.07. The van der Waals surface area contributed by atoms with E-state index in [9.17, 15) is 0 Å². The molecule has 4 heterocycles. The molecule has 0 bridgehead atoms. The number of rotatable bonds is 13. The van der Waals surface area contributed by atoms with E-state index in [1.165, 1.54) is 0 Å². The molecule has 10 heteroatoms. The van der Waals surface area contributed by atoms with Crippen molar-refractivity contribution in [2.75, 3.05) is 92.8 Å². The van der Waals surface area contributed by atoms with Crippen LogP contribution >= 0.6 is 0 Å². The first-order valence-electron chi connectivity index (χ1n) is 18.8. The molecule has 0 atom stereocenters. The predicted molar refractivity (Wildman–Crippen MR) is 210 cm³/mol. The highest BCUT2D eigenvalue weighted by molar-refractivity contribution is 5.88. The Morgan fingerprint density at radius 2 is 0.885 bits per heavy atom. The van der Waals surface area contributed by atoms with E-state index in [4.69, 9.17) is 19.4 Å². The van der Waals surface area contributed by atoms with Gasteiger partial charge in [-0.25, -0.2) is 9.97 Å². The molecule has 0 radical (unpaired) electrons. The zero-order chi connectivity index (χ0) is 35.3. The smallest absolute Gasteiger partial charge is 0.138 e. The van der Waals surface area contributed by atoms with Crippen LogP contribution in [0.1, 0.15) is 12.8 Å². The highest BCUT2D eigenvalue weighted by atomic mass is 16.5. The molecule has 270 valence electrons. The number of fused-ring (bicyclic) bond motifs is 2. The minimum Gasteiger partial charge on any atom is -0.494 e. The Hall–Kier alpha value is -4.74. The lowest BCUT2D eigenvalue weighted by molar-refractivity contribution is 0.145. The molecule has 0 unspecified atom stereocenters. The molecule has 2 aliphatic rings. The van der Waals surface area contributed by atoms with Gasteiger partial charge < -0.3 is 39.0 Å². The first-order chi connectivity index (χ1) is 25.5. The SMILES string of the molecule is CN1CCN(CCCOc2ccc(-c3nc4ccc(-c5ccc6nc(-c7ccc(OCCCN8CCN(C)CC8)cc7)[nH]c6c5)cc4[nH]3)cc2)CC1. The third-order valence-corrected chi connectivity index (χ3v) is 10.5. The molecule has 52 heavy (non-hydrogen) atoms. The lowest BCUT2D eigenvalue weighted by atomic mass is 10.0. The lowest BCUT2D eigenvalue weighted by Crippen LogP contribution is -2.44. The van der Waals surface area contributed by atoms with Gasteiger partial charge in [0, 0.05) is 76.6 Å². The molecule has 2 fully saturated rings. The van der Waals surface area contributed by atoms with E-state index in [1.54, 1.807) is 0 Å². The van der Waals surface area contributed by atoms with Gasteiger partial charge in [-0.2, -0.15) is 0 Å². The first kappa shape index (κ1) is 34.4. The van der Waals surface area contributed by atoms with Gasteiger partial charge in [-0.15, -0.1) is 0 Å². The van der Waals surface area contributed by atoms with Crippen LogP contribution in [0.25, 0.3) is 56.0 Å². The second kappa shape index (κ2) is 15.9. The van der Waals surface area contributed by atoms with E-state index in [0.717, 1.165) is 159 Å². The number of nitrogens with one attached hydrogen (secondary N) is 2. The Balaban J connectivity index is 0.862. The summed E-state index contributed by atoms with van der Waals surface area (Å²) in [7, 11) is 4.39. The molecular weight excluding hydrogens is 649 g/mol. The number of aromatic nitrogens is 4. The number of likely N-dealkylation sites (N-methyl/N-ethyl adjacent to an activating group) is 2. The van der Waals surface area contributed by atoms with E-state index in [0.29, 0.717) is 0 Å². The average Bonchev–Trinajstić information content (AvgIpc) is 3.81. The molecule has 0 spiro atoms. The van der Waals surface area contributed by atoms with Crippen LogP contribution in [0.15, 0.2) is 84.9 Å². The number of piperazine rings is 2. The van der Waals surface area contributed by atoms with Gasteiger partial charge in [-0.05, 0) is 111 Å². The van der Waals surface area contributed by atoms with E-state index >= 15 is 0 Å². The molecule has 2 N–H and O–H groups in total. The number of hydrogen-bond donors (Lipinski definition) is 2. The van der Waals surface area contributed by atoms with Crippen LogP contribution in [-0.2, 0) is 0 Å². The zero-order valence-electron chi connectivity index (χ0n) is 30.5. The van der Waals surface area contributed by atoms with Gasteiger partial charge in [0.15, 0.2) is 0 Å². The second-order valence-electron chi connectivity index (χ2n) is 14.4. The third kappa shape index (κ3) is 8.32. The number of benzene rings is 4. The molecule has 2 aromatic heterocycles. The zero-order valence-corrected chi connectivity index (χ0v) is 30.5. The highest BCUT2D eigenvalue weighted by Crippen LogP contribution is 2.30. The first-order valence-corrected chi connectivity index (χ1v) is 18.8. The summed E-state index contributed by atoms with van der Waals surface area (Å²) in [5.74, 6) is 3.49. The monoisotopic (exact) mass is 698 g/mol. The van der Waals surface area contributed by atoms with Crippen LogP contribution in [-0.4, -0.2) is 132 Å². The molecule has 6 aromatic rings. The van der Waals surface area contributed by atoms with Gasteiger partial charge >= 0.3 is 0 Å². The van der Waals surface area contributed by atoms with Crippen LogP contribution in [0.2, 0.25) is 0 Å². The summed E-state index contributed by atoms with van der Waals surface area (Å²) >= 11 is 0. The van der Waals surface area contributed by atoms with Crippen molar-refractivity contribution >= 4 is 22.1 Å². The van der Waals surface area contributed by atoms with Crippen molar-refractivity contribution in [1.82, 2.24) is 39.5 Å². The molecule has 0 aliphatic carbocycles. The Kier molecular flexibility index (Phi) is 10.5. The Bertz CT molecular complexity index is 1910. The summed E-state index contributed by atoms with van der Waals surface area (Å²) in [6, 6.07) is 29.3. The molecule has 0 amide bonds. The predicted octanol–water partition coefficient (Wildman–Crippen LogP) is 6.47. The van der Waals surface area contributed by atoms with Crippen molar-refractivity contribution in [2.45, 2.75) is 12.8 Å². The maximum atomic E-state index is 6.05. The molecule has 2 aliphatic heterocycles. The molecular formula is C42H50N8O2. The van der Waals surface area contributed by atoms with E-state index in [1.807, 2.05) is 24.3 Å². The maximum absolute atomic E-state index is 6.05. The quantitative estimate of drug-likeness (QED) is 0.133. The fraction of sp³-hybridized carbons (Fsp3) is 0.381. The normalized spacial score (nSPS) is 16.6. The largest absolute Gasteiger partial charge is 0.494 e.